The molecule has 260 valence electrons. The van der Waals surface area contributed by atoms with Gasteiger partial charge in [-0.3, -0.25) is 19.0 Å². The number of imidazole rings is 1. The smallest absolute Gasteiger partial charge is 0.412 e. The summed E-state index contributed by atoms with van der Waals surface area (Å²) in [6.45, 7) is -0.431. The van der Waals surface area contributed by atoms with Gasteiger partial charge in [-0.25, -0.2) is 19.7 Å². The van der Waals surface area contributed by atoms with Crippen LogP contribution in [0.15, 0.2) is 41.8 Å². The summed E-state index contributed by atoms with van der Waals surface area (Å²) in [7, 11) is -9.82. The number of halogens is 3. The molecular weight excluding hydrogens is 715 g/mol. The van der Waals surface area contributed by atoms with E-state index in [-0.39, 0.29) is 27.9 Å². The number of hydrogen-bond donors (Lipinski definition) is 6. The van der Waals surface area contributed by atoms with E-state index in [1.54, 1.807) is 30.3 Å². The zero-order chi connectivity index (χ0) is 34.4. The molecule has 0 saturated carbocycles. The van der Waals surface area contributed by atoms with Gasteiger partial charge in [-0.1, -0.05) is 30.0 Å². The molecule has 1 amide bonds. The highest BCUT2D eigenvalue weighted by Gasteiger charge is 2.49. The van der Waals surface area contributed by atoms with Crippen LogP contribution in [0.2, 0.25) is 0 Å². The Morgan fingerprint density at radius 2 is 1.87 bits per heavy atom. The number of nitrogens with zero attached hydrogens (tertiary/aromatic N) is 4. The van der Waals surface area contributed by atoms with Crippen LogP contribution in [0.25, 0.3) is 11.2 Å². The predicted octanol–water partition coefficient (Wildman–Crippen LogP) is 3.86. The summed E-state index contributed by atoms with van der Waals surface area (Å²) in [5.74, 6) is -1.01. The Labute approximate surface area is 273 Å². The first kappa shape index (κ1) is 37.4. The lowest BCUT2D eigenvalue weighted by atomic mass is 10.1. The Bertz CT molecular complexity index is 1620. The number of rotatable bonds is 15. The maximum Gasteiger partial charge on any atom is 0.412 e. The maximum atomic E-state index is 12.9. The van der Waals surface area contributed by atoms with Crippen LogP contribution in [-0.2, 0) is 23.1 Å². The molecule has 3 heterocycles. The number of fused-ring (bicyclic) bond motifs is 1. The first-order chi connectivity index (χ1) is 22.0. The van der Waals surface area contributed by atoms with Crippen molar-refractivity contribution < 1.29 is 60.9 Å². The lowest BCUT2D eigenvalue weighted by Crippen LogP contribution is -2.38. The zero-order valence-corrected chi connectivity index (χ0v) is 27.8. The topological polar surface area (TPSA) is 227 Å². The fourth-order valence-corrected chi connectivity index (χ4v) is 7.96. The van der Waals surface area contributed by atoms with E-state index in [0.717, 1.165) is 11.8 Å². The first-order valence-electron chi connectivity index (χ1n) is 13.6. The number of thioether (sulfide) groups is 2. The average Bonchev–Trinajstić information content (AvgIpc) is 3.51. The molecule has 3 aromatic rings. The second-order valence-electron chi connectivity index (χ2n) is 9.97. The van der Waals surface area contributed by atoms with E-state index in [9.17, 15) is 37.1 Å². The van der Waals surface area contributed by atoms with Crippen LogP contribution in [0.5, 0.6) is 0 Å². The van der Waals surface area contributed by atoms with Crippen LogP contribution in [0.4, 0.5) is 29.5 Å². The summed E-state index contributed by atoms with van der Waals surface area (Å²) in [6.07, 6.45) is -9.61. The minimum Gasteiger partial charge on any atom is -0.438 e. The number of aliphatic hydroxyl groups is 1. The minimum atomic E-state index is -4.96. The lowest BCUT2D eigenvalue weighted by Gasteiger charge is -2.22. The minimum absolute atomic E-state index is 0.0336. The molecule has 0 bridgehead atoms. The molecule has 16 nitrogen and oxygen atoms in total. The predicted molar refractivity (Wildman–Crippen MR) is 167 cm³/mol. The van der Waals surface area contributed by atoms with Gasteiger partial charge in [0, 0.05) is 23.7 Å². The Kier molecular flexibility index (Phi) is 12.6. The fraction of sp³-hybridized carbons (Fsp3) is 0.500. The number of ether oxygens (including phenoxy) is 2. The number of nitrogens with one attached hydrogen (secondary N) is 2. The highest BCUT2D eigenvalue weighted by atomic mass is 32.2. The molecule has 1 aromatic carbocycles. The third kappa shape index (κ3) is 11.0. The van der Waals surface area contributed by atoms with E-state index < -0.39 is 70.9 Å². The standard InChI is InChI=1S/C24H31F3N6O10P2S2/c1-46-10-8-28-19-16-20(32-22(31-19)47-9-7-24(25,26)27)33(12-29-16)21-18(43-23(35)30-14-5-3-2-4-6-14)17(34)15(42-21)11-41-45(39,40)13-44(36,37)38/h2-6,12,15,17-18,21,34H,7-11,13H2,1H3,(H,30,35)(H,39,40)(H,28,31,32)(H2,36,37,38). The van der Waals surface area contributed by atoms with Gasteiger partial charge in [0.2, 0.25) is 0 Å². The van der Waals surface area contributed by atoms with Crippen molar-refractivity contribution >= 4 is 67.5 Å². The first-order valence-corrected chi connectivity index (χ1v) is 19.5. The van der Waals surface area contributed by atoms with Crippen LogP contribution < -0.4 is 10.6 Å². The van der Waals surface area contributed by atoms with Gasteiger partial charge in [-0.05, 0) is 18.4 Å². The van der Waals surface area contributed by atoms with Crippen molar-refractivity contribution in [2.24, 2.45) is 0 Å². The molecule has 1 aliphatic heterocycles. The summed E-state index contributed by atoms with van der Waals surface area (Å²) in [5, 5.41) is 16.7. The number of aliphatic hydroxyl groups excluding tert-OH is 1. The number of carbonyl (C=O) groups is 1. The van der Waals surface area contributed by atoms with Crippen molar-refractivity contribution in [2.75, 3.05) is 47.4 Å². The molecule has 47 heavy (non-hydrogen) atoms. The summed E-state index contributed by atoms with van der Waals surface area (Å²) in [6, 6.07) is 8.15. The van der Waals surface area contributed by atoms with Crippen molar-refractivity contribution in [1.29, 1.82) is 0 Å². The molecule has 4 rings (SSSR count). The Morgan fingerprint density at radius 1 is 1.15 bits per heavy atom. The molecule has 0 aliphatic carbocycles. The molecule has 5 unspecified atom stereocenters. The van der Waals surface area contributed by atoms with Gasteiger partial charge in [0.1, 0.15) is 12.2 Å². The molecule has 1 saturated heterocycles. The monoisotopic (exact) mass is 746 g/mol. The zero-order valence-electron chi connectivity index (χ0n) is 24.4. The van der Waals surface area contributed by atoms with Gasteiger partial charge in [0.25, 0.3) is 0 Å². The Balaban J connectivity index is 1.67. The average molecular weight is 747 g/mol. The molecule has 6 N–H and O–H groups in total. The van der Waals surface area contributed by atoms with Crippen molar-refractivity contribution in [3.63, 3.8) is 0 Å². The van der Waals surface area contributed by atoms with Crippen LogP contribution in [0.3, 0.4) is 0 Å². The Morgan fingerprint density at radius 3 is 2.53 bits per heavy atom. The molecular formula is C24H31F3N6O10P2S2. The third-order valence-corrected chi connectivity index (χ3v) is 11.2. The molecule has 2 aromatic heterocycles. The number of alkyl halides is 3. The number of carbonyl (C=O) groups excluding carboxylic acids is 1. The number of benzene rings is 1. The number of amides is 1. The van der Waals surface area contributed by atoms with E-state index in [2.05, 4.69) is 25.6 Å². The molecule has 1 aliphatic rings. The van der Waals surface area contributed by atoms with Crippen LogP contribution in [0, 0.1) is 0 Å². The van der Waals surface area contributed by atoms with Crippen molar-refractivity contribution in [3.8, 4) is 0 Å². The summed E-state index contributed by atoms with van der Waals surface area (Å²) in [4.78, 5) is 54.0. The third-order valence-electron chi connectivity index (χ3n) is 6.27. The molecule has 5 atom stereocenters. The maximum absolute atomic E-state index is 12.9. The van der Waals surface area contributed by atoms with Gasteiger partial charge in [-0.15, -0.1) is 0 Å². The quantitative estimate of drug-likeness (QED) is 0.0562. The highest BCUT2D eigenvalue weighted by molar-refractivity contribution is 7.99. The van der Waals surface area contributed by atoms with E-state index in [4.69, 9.17) is 23.8 Å². The van der Waals surface area contributed by atoms with E-state index in [1.807, 2.05) is 6.26 Å². The SMILES string of the molecule is CSCCNc1nc(SCCC(F)(F)F)nc2c1ncn2C1OC(COP(=O)(O)CP(=O)(O)O)C(O)C1OC(=O)Nc1ccccc1. The Hall–Kier alpha value is -2.45. The second-order valence-corrected chi connectivity index (χ2v) is 16.0. The lowest BCUT2D eigenvalue weighted by molar-refractivity contribution is -0.129. The summed E-state index contributed by atoms with van der Waals surface area (Å²) < 4.78 is 79.6. The van der Waals surface area contributed by atoms with Crippen molar-refractivity contribution in [1.82, 2.24) is 19.5 Å². The second kappa shape index (κ2) is 15.8. The van der Waals surface area contributed by atoms with E-state index >= 15 is 0 Å². The molecule has 0 radical (unpaired) electrons. The number of hydrogen-bond acceptors (Lipinski definition) is 13. The van der Waals surface area contributed by atoms with Gasteiger partial charge >= 0.3 is 27.5 Å². The molecule has 0 spiro atoms. The van der Waals surface area contributed by atoms with Gasteiger partial charge in [0.15, 0.2) is 40.4 Å². The highest BCUT2D eigenvalue weighted by Crippen LogP contribution is 2.55. The van der Waals surface area contributed by atoms with Gasteiger partial charge in [0.05, 0.1) is 19.4 Å². The van der Waals surface area contributed by atoms with Crippen molar-refractivity contribution in [3.05, 3.63) is 36.7 Å². The molecule has 23 heteroatoms. The van der Waals surface area contributed by atoms with E-state index in [0.29, 0.717) is 18.0 Å². The normalized spacial score (nSPS) is 21.4. The van der Waals surface area contributed by atoms with Crippen LogP contribution >= 0.6 is 38.7 Å². The summed E-state index contributed by atoms with van der Waals surface area (Å²) >= 11 is 2.27. The number of para-hydroxylation sites is 1. The largest absolute Gasteiger partial charge is 0.438 e. The van der Waals surface area contributed by atoms with Crippen LogP contribution in [0.1, 0.15) is 12.6 Å². The van der Waals surface area contributed by atoms with Gasteiger partial charge in [-0.2, -0.15) is 24.9 Å². The van der Waals surface area contributed by atoms with Gasteiger partial charge < -0.3 is 39.1 Å². The summed E-state index contributed by atoms with van der Waals surface area (Å²) in [5.41, 5.74) is 0.563. The number of aromatic nitrogens is 4. The van der Waals surface area contributed by atoms with E-state index in [1.165, 1.54) is 22.7 Å². The van der Waals surface area contributed by atoms with Crippen LogP contribution in [-0.4, -0.2) is 107 Å². The number of anilines is 2. The fourth-order valence-electron chi connectivity index (χ4n) is 4.26. The molecule has 1 fully saturated rings. The van der Waals surface area contributed by atoms with Crippen molar-refractivity contribution in [2.45, 2.75) is 42.3 Å².